The maximum atomic E-state index is 12.2. The molecule has 0 saturated carbocycles. The Kier molecular flexibility index (Phi) is 4.73. The predicted molar refractivity (Wildman–Crippen MR) is 80.2 cm³/mol. The zero-order valence-corrected chi connectivity index (χ0v) is 12.7. The number of nitriles is 1. The second-order valence-electron chi connectivity index (χ2n) is 4.88. The minimum atomic E-state index is -0.787. The molecular formula is C15H17N5O2. The Morgan fingerprint density at radius 1 is 1.55 bits per heavy atom. The van der Waals surface area contributed by atoms with Crippen LogP contribution in [0, 0.1) is 24.2 Å². The molecule has 7 heteroatoms. The summed E-state index contributed by atoms with van der Waals surface area (Å²) >= 11 is 0. The molecule has 22 heavy (non-hydrogen) atoms. The SMILES string of the molecule is COc1ccc(NC(=O)[C@@H](C#N)Cc2cn(C)nc2C)cn1. The average molecular weight is 299 g/mol. The number of aromatic nitrogens is 3. The summed E-state index contributed by atoms with van der Waals surface area (Å²) in [5, 5.41) is 16.1. The lowest BCUT2D eigenvalue weighted by Crippen LogP contribution is -2.23. The highest BCUT2D eigenvalue weighted by Crippen LogP contribution is 2.15. The lowest BCUT2D eigenvalue weighted by molar-refractivity contribution is -0.118. The number of amides is 1. The highest BCUT2D eigenvalue weighted by atomic mass is 16.5. The van der Waals surface area contributed by atoms with Crippen LogP contribution < -0.4 is 10.1 Å². The molecule has 0 aliphatic rings. The second kappa shape index (κ2) is 6.72. The summed E-state index contributed by atoms with van der Waals surface area (Å²) in [7, 11) is 3.32. The Labute approximate surface area is 128 Å². The summed E-state index contributed by atoms with van der Waals surface area (Å²) < 4.78 is 6.62. The molecule has 2 rings (SSSR count). The minimum absolute atomic E-state index is 0.325. The molecule has 0 aliphatic heterocycles. The molecule has 0 unspecified atom stereocenters. The minimum Gasteiger partial charge on any atom is -0.481 e. The lowest BCUT2D eigenvalue weighted by atomic mass is 10.0. The zero-order chi connectivity index (χ0) is 16.1. The Balaban J connectivity index is 2.05. The number of nitrogens with one attached hydrogen (secondary N) is 1. The third kappa shape index (κ3) is 3.61. The summed E-state index contributed by atoms with van der Waals surface area (Å²) in [5.74, 6) is -0.691. The molecule has 0 aliphatic carbocycles. The largest absolute Gasteiger partial charge is 0.481 e. The number of aryl methyl sites for hydroxylation is 2. The number of carbonyl (C=O) groups excluding carboxylic acids is 1. The van der Waals surface area contributed by atoms with Gasteiger partial charge in [-0.25, -0.2) is 4.98 Å². The molecule has 1 atom stereocenters. The van der Waals surface area contributed by atoms with Crippen LogP contribution in [0.4, 0.5) is 5.69 Å². The monoisotopic (exact) mass is 299 g/mol. The Hall–Kier alpha value is -2.88. The predicted octanol–water partition coefficient (Wildman–Crippen LogP) is 1.45. The summed E-state index contributed by atoms with van der Waals surface area (Å²) in [6.07, 6.45) is 3.63. The van der Waals surface area contributed by atoms with Crippen LogP contribution in [0.25, 0.3) is 0 Å². The number of ether oxygens (including phenoxy) is 1. The summed E-state index contributed by atoms with van der Waals surface area (Å²) in [6, 6.07) is 5.35. The fourth-order valence-corrected chi connectivity index (χ4v) is 2.07. The maximum absolute atomic E-state index is 12.2. The van der Waals surface area contributed by atoms with E-state index >= 15 is 0 Å². The van der Waals surface area contributed by atoms with Gasteiger partial charge >= 0.3 is 0 Å². The molecule has 0 radical (unpaired) electrons. The summed E-state index contributed by atoms with van der Waals surface area (Å²) in [4.78, 5) is 16.2. The van der Waals surface area contributed by atoms with Crippen LogP contribution in [0.3, 0.4) is 0 Å². The van der Waals surface area contributed by atoms with Crippen LogP contribution >= 0.6 is 0 Å². The number of hydrogen-bond acceptors (Lipinski definition) is 5. The van der Waals surface area contributed by atoms with Gasteiger partial charge < -0.3 is 10.1 Å². The zero-order valence-electron chi connectivity index (χ0n) is 12.7. The quantitative estimate of drug-likeness (QED) is 0.902. The summed E-state index contributed by atoms with van der Waals surface area (Å²) in [5.41, 5.74) is 2.23. The Morgan fingerprint density at radius 2 is 2.32 bits per heavy atom. The van der Waals surface area contributed by atoms with Crippen LogP contribution in [0.5, 0.6) is 5.88 Å². The highest BCUT2D eigenvalue weighted by Gasteiger charge is 2.20. The molecule has 114 valence electrons. The van der Waals surface area contributed by atoms with Crippen molar-refractivity contribution in [3.8, 4) is 11.9 Å². The number of hydrogen-bond donors (Lipinski definition) is 1. The molecule has 2 aromatic heterocycles. The van der Waals surface area contributed by atoms with Gasteiger partial charge in [-0.3, -0.25) is 9.48 Å². The van der Waals surface area contributed by atoms with E-state index in [1.165, 1.54) is 13.3 Å². The molecule has 2 aromatic rings. The van der Waals surface area contributed by atoms with Gasteiger partial charge in [-0.2, -0.15) is 10.4 Å². The van der Waals surface area contributed by atoms with Crippen molar-refractivity contribution in [2.24, 2.45) is 13.0 Å². The normalized spacial score (nSPS) is 11.5. The van der Waals surface area contributed by atoms with E-state index in [2.05, 4.69) is 15.4 Å². The van der Waals surface area contributed by atoms with Gasteiger partial charge in [0.1, 0.15) is 5.92 Å². The van der Waals surface area contributed by atoms with Crippen molar-refractivity contribution in [2.45, 2.75) is 13.3 Å². The maximum Gasteiger partial charge on any atom is 0.242 e. The van der Waals surface area contributed by atoms with Crippen LogP contribution in [0.1, 0.15) is 11.3 Å². The van der Waals surface area contributed by atoms with Crippen molar-refractivity contribution >= 4 is 11.6 Å². The van der Waals surface area contributed by atoms with E-state index < -0.39 is 5.92 Å². The number of carbonyl (C=O) groups is 1. The molecule has 1 N–H and O–H groups in total. The van der Waals surface area contributed by atoms with Crippen molar-refractivity contribution < 1.29 is 9.53 Å². The van der Waals surface area contributed by atoms with E-state index in [-0.39, 0.29) is 5.91 Å². The first-order chi connectivity index (χ1) is 10.5. The smallest absolute Gasteiger partial charge is 0.242 e. The number of anilines is 1. The van der Waals surface area contributed by atoms with Crippen molar-refractivity contribution in [1.29, 1.82) is 5.26 Å². The van der Waals surface area contributed by atoms with Gasteiger partial charge in [-0.1, -0.05) is 0 Å². The third-order valence-corrected chi connectivity index (χ3v) is 3.22. The van der Waals surface area contributed by atoms with E-state index in [1.807, 2.05) is 19.2 Å². The third-order valence-electron chi connectivity index (χ3n) is 3.22. The molecule has 0 bridgehead atoms. The van der Waals surface area contributed by atoms with Gasteiger partial charge in [0.05, 0.1) is 30.8 Å². The Morgan fingerprint density at radius 3 is 2.82 bits per heavy atom. The standard InChI is InChI=1S/C15H17N5O2/c1-10-12(9-20(2)19-10)6-11(7-16)15(21)18-13-4-5-14(22-3)17-8-13/h4-5,8-9,11H,6H2,1-3H3,(H,18,21)/t11-/m1/s1. The van der Waals surface area contributed by atoms with E-state index in [9.17, 15) is 10.1 Å². The van der Waals surface area contributed by atoms with E-state index in [0.29, 0.717) is 18.0 Å². The molecule has 0 saturated heterocycles. The lowest BCUT2D eigenvalue weighted by Gasteiger charge is -2.10. The van der Waals surface area contributed by atoms with E-state index in [4.69, 9.17) is 4.74 Å². The van der Waals surface area contributed by atoms with Crippen molar-refractivity contribution in [1.82, 2.24) is 14.8 Å². The molecule has 1 amide bonds. The topological polar surface area (TPSA) is 92.8 Å². The molecular weight excluding hydrogens is 282 g/mol. The molecule has 7 nitrogen and oxygen atoms in total. The first kappa shape index (κ1) is 15.5. The highest BCUT2D eigenvalue weighted by molar-refractivity contribution is 5.94. The molecule has 0 fully saturated rings. The number of pyridine rings is 1. The van der Waals surface area contributed by atoms with Gasteiger partial charge in [0.2, 0.25) is 11.8 Å². The second-order valence-corrected chi connectivity index (χ2v) is 4.88. The Bertz CT molecular complexity index is 700. The first-order valence-corrected chi connectivity index (χ1v) is 6.73. The number of nitrogens with zero attached hydrogens (tertiary/aromatic N) is 4. The summed E-state index contributed by atoms with van der Waals surface area (Å²) in [6.45, 7) is 1.86. The van der Waals surface area contributed by atoms with Gasteiger partial charge in [0.25, 0.3) is 0 Å². The average Bonchev–Trinajstić information content (AvgIpc) is 2.83. The van der Waals surface area contributed by atoms with Gasteiger partial charge in [0, 0.05) is 25.7 Å². The van der Waals surface area contributed by atoms with Gasteiger partial charge in [-0.05, 0) is 18.6 Å². The first-order valence-electron chi connectivity index (χ1n) is 6.73. The van der Waals surface area contributed by atoms with Crippen LogP contribution in [-0.2, 0) is 18.3 Å². The van der Waals surface area contributed by atoms with Crippen LogP contribution in [-0.4, -0.2) is 27.8 Å². The van der Waals surface area contributed by atoms with Gasteiger partial charge in [0.15, 0.2) is 0 Å². The molecule has 2 heterocycles. The van der Waals surface area contributed by atoms with Crippen molar-refractivity contribution in [3.05, 3.63) is 35.8 Å². The van der Waals surface area contributed by atoms with Gasteiger partial charge in [-0.15, -0.1) is 0 Å². The molecule has 0 spiro atoms. The van der Waals surface area contributed by atoms with E-state index in [0.717, 1.165) is 11.3 Å². The fourth-order valence-electron chi connectivity index (χ4n) is 2.07. The van der Waals surface area contributed by atoms with Crippen LogP contribution in [0.15, 0.2) is 24.5 Å². The van der Waals surface area contributed by atoms with E-state index in [1.54, 1.807) is 23.9 Å². The van der Waals surface area contributed by atoms with Crippen molar-refractivity contribution in [3.63, 3.8) is 0 Å². The van der Waals surface area contributed by atoms with Crippen molar-refractivity contribution in [2.75, 3.05) is 12.4 Å². The fraction of sp³-hybridized carbons (Fsp3) is 0.333. The molecule has 0 aromatic carbocycles. The number of rotatable bonds is 5. The number of methoxy groups -OCH3 is 1. The van der Waals surface area contributed by atoms with Crippen LogP contribution in [0.2, 0.25) is 0 Å².